The number of nitrogens with zero attached hydrogens (tertiary/aromatic N) is 3. The molecule has 0 aliphatic rings. The van der Waals surface area contributed by atoms with E-state index in [-0.39, 0.29) is 5.91 Å². The van der Waals surface area contributed by atoms with Gasteiger partial charge >= 0.3 is 0 Å². The molecule has 3 aromatic rings. The molecule has 1 atom stereocenters. The predicted molar refractivity (Wildman–Crippen MR) is 84.7 cm³/mol. The first-order valence-corrected chi connectivity index (χ1v) is 7.68. The highest BCUT2D eigenvalue weighted by Gasteiger charge is 2.12. The van der Waals surface area contributed by atoms with Crippen molar-refractivity contribution < 1.29 is 9.90 Å². The first-order valence-electron chi connectivity index (χ1n) is 6.95. The molecule has 6 nitrogen and oxygen atoms in total. The van der Waals surface area contributed by atoms with Crippen molar-refractivity contribution in [2.45, 2.75) is 12.5 Å². The Bertz CT molecular complexity index is 796. The summed E-state index contributed by atoms with van der Waals surface area (Å²) in [6, 6.07) is 8.99. The van der Waals surface area contributed by atoms with Gasteiger partial charge < -0.3 is 15.0 Å². The lowest BCUT2D eigenvalue weighted by molar-refractivity contribution is 0.0941. The summed E-state index contributed by atoms with van der Waals surface area (Å²) in [7, 11) is 1.88. The molecule has 22 heavy (non-hydrogen) atoms. The van der Waals surface area contributed by atoms with Gasteiger partial charge in [0.15, 0.2) is 0 Å². The van der Waals surface area contributed by atoms with Crippen LogP contribution in [0.25, 0.3) is 11.0 Å². The summed E-state index contributed by atoms with van der Waals surface area (Å²) >= 11 is 1.13. The van der Waals surface area contributed by atoms with Crippen LogP contribution in [0.1, 0.15) is 28.6 Å². The van der Waals surface area contributed by atoms with Crippen molar-refractivity contribution in [2.75, 3.05) is 6.54 Å². The Morgan fingerprint density at radius 1 is 1.36 bits per heavy atom. The van der Waals surface area contributed by atoms with Crippen LogP contribution >= 0.6 is 11.7 Å². The zero-order valence-electron chi connectivity index (χ0n) is 12.1. The minimum atomic E-state index is -0.592. The molecule has 2 N–H and O–H groups in total. The molecular formula is C15H16N4O2S. The summed E-state index contributed by atoms with van der Waals surface area (Å²) in [6.45, 7) is 0.401. The lowest BCUT2D eigenvalue weighted by Gasteiger charge is -2.12. The Labute approximate surface area is 131 Å². The van der Waals surface area contributed by atoms with Gasteiger partial charge in [-0.1, -0.05) is 0 Å². The standard InChI is InChI=1S/C15H16N4O2S/c1-19-8-2-3-13(19)14(20)6-7-16-15(21)10-4-5-11-12(9-10)18-22-17-11/h2-5,8-9,14,20H,6-7H2,1H3,(H,16,21)/t14-/m1/s1. The summed E-state index contributed by atoms with van der Waals surface area (Å²) in [5, 5.41) is 12.9. The molecular weight excluding hydrogens is 300 g/mol. The second kappa shape index (κ2) is 6.25. The van der Waals surface area contributed by atoms with E-state index in [0.717, 1.165) is 28.5 Å². The predicted octanol–water partition coefficient (Wildman–Crippen LogP) is 1.88. The van der Waals surface area contributed by atoms with Crippen LogP contribution in [0.5, 0.6) is 0 Å². The van der Waals surface area contributed by atoms with Crippen molar-refractivity contribution in [1.82, 2.24) is 18.6 Å². The number of hydrogen-bond donors (Lipinski definition) is 2. The van der Waals surface area contributed by atoms with Crippen molar-refractivity contribution >= 4 is 28.7 Å². The Kier molecular flexibility index (Phi) is 4.17. The SMILES string of the molecule is Cn1cccc1[C@H](O)CCNC(=O)c1ccc2nsnc2c1. The molecule has 0 saturated carbocycles. The van der Waals surface area contributed by atoms with Gasteiger partial charge in [0, 0.05) is 31.0 Å². The highest BCUT2D eigenvalue weighted by Crippen LogP contribution is 2.16. The van der Waals surface area contributed by atoms with Gasteiger partial charge in [-0.3, -0.25) is 4.79 Å². The average Bonchev–Trinajstić information content (AvgIpc) is 3.14. The summed E-state index contributed by atoms with van der Waals surface area (Å²) in [5.41, 5.74) is 2.90. The molecule has 0 aliphatic carbocycles. The van der Waals surface area contributed by atoms with Gasteiger partial charge in [0.1, 0.15) is 11.0 Å². The fraction of sp³-hybridized carbons (Fsp3) is 0.267. The van der Waals surface area contributed by atoms with E-state index >= 15 is 0 Å². The summed E-state index contributed by atoms with van der Waals surface area (Å²) < 4.78 is 10.1. The van der Waals surface area contributed by atoms with Gasteiger partial charge in [0.25, 0.3) is 5.91 Å². The number of hydrogen-bond acceptors (Lipinski definition) is 5. The minimum absolute atomic E-state index is 0.172. The maximum absolute atomic E-state index is 12.1. The third-order valence-corrected chi connectivity index (χ3v) is 4.10. The Hall–Kier alpha value is -2.25. The second-order valence-electron chi connectivity index (χ2n) is 5.07. The van der Waals surface area contributed by atoms with Crippen molar-refractivity contribution in [3.05, 3.63) is 47.8 Å². The van der Waals surface area contributed by atoms with Crippen molar-refractivity contribution in [3.8, 4) is 0 Å². The smallest absolute Gasteiger partial charge is 0.251 e. The number of benzene rings is 1. The van der Waals surface area contributed by atoms with Gasteiger partial charge in [-0.15, -0.1) is 0 Å². The molecule has 1 aromatic carbocycles. The van der Waals surface area contributed by atoms with Crippen molar-refractivity contribution in [3.63, 3.8) is 0 Å². The normalized spacial score (nSPS) is 12.5. The zero-order chi connectivity index (χ0) is 15.5. The molecule has 0 radical (unpaired) electrons. The van der Waals surface area contributed by atoms with Crippen LogP contribution in [0.3, 0.4) is 0 Å². The fourth-order valence-corrected chi connectivity index (χ4v) is 2.83. The number of aryl methyl sites for hydroxylation is 1. The third-order valence-electron chi connectivity index (χ3n) is 3.54. The molecule has 2 aromatic heterocycles. The van der Waals surface area contributed by atoms with Crippen LogP contribution in [0.15, 0.2) is 36.5 Å². The monoisotopic (exact) mass is 316 g/mol. The Morgan fingerprint density at radius 2 is 2.18 bits per heavy atom. The minimum Gasteiger partial charge on any atom is -0.387 e. The van der Waals surface area contributed by atoms with E-state index in [0.29, 0.717) is 18.5 Å². The number of aliphatic hydroxyl groups is 1. The van der Waals surface area contributed by atoms with Crippen LogP contribution in [0.2, 0.25) is 0 Å². The summed E-state index contributed by atoms with van der Waals surface area (Å²) in [6.07, 6.45) is 1.75. The highest BCUT2D eigenvalue weighted by atomic mass is 32.1. The number of amides is 1. The number of fused-ring (bicyclic) bond motifs is 1. The molecule has 2 heterocycles. The van der Waals surface area contributed by atoms with E-state index in [1.165, 1.54) is 0 Å². The molecule has 0 bridgehead atoms. The molecule has 3 rings (SSSR count). The zero-order valence-corrected chi connectivity index (χ0v) is 12.9. The Balaban J connectivity index is 1.57. The van der Waals surface area contributed by atoms with E-state index in [1.54, 1.807) is 18.2 Å². The number of carbonyl (C=O) groups excluding carboxylic acids is 1. The van der Waals surface area contributed by atoms with Crippen molar-refractivity contribution in [2.24, 2.45) is 7.05 Å². The van der Waals surface area contributed by atoms with Gasteiger partial charge in [0.2, 0.25) is 0 Å². The molecule has 1 amide bonds. The van der Waals surface area contributed by atoms with Crippen LogP contribution in [0.4, 0.5) is 0 Å². The maximum atomic E-state index is 12.1. The quantitative estimate of drug-likeness (QED) is 0.753. The number of aliphatic hydroxyl groups excluding tert-OH is 1. The van der Waals surface area contributed by atoms with Crippen LogP contribution in [-0.4, -0.2) is 30.9 Å². The lowest BCUT2D eigenvalue weighted by atomic mass is 10.1. The van der Waals surface area contributed by atoms with E-state index in [2.05, 4.69) is 14.1 Å². The van der Waals surface area contributed by atoms with Crippen molar-refractivity contribution in [1.29, 1.82) is 0 Å². The van der Waals surface area contributed by atoms with Crippen LogP contribution in [-0.2, 0) is 7.05 Å². The third kappa shape index (κ3) is 3.00. The maximum Gasteiger partial charge on any atom is 0.251 e. The number of rotatable bonds is 5. The largest absolute Gasteiger partial charge is 0.387 e. The number of nitrogens with one attached hydrogen (secondary N) is 1. The molecule has 0 unspecified atom stereocenters. The molecule has 0 fully saturated rings. The number of aromatic nitrogens is 3. The molecule has 0 aliphatic heterocycles. The molecule has 114 valence electrons. The van der Waals surface area contributed by atoms with Crippen LogP contribution < -0.4 is 5.32 Å². The number of carbonyl (C=O) groups is 1. The van der Waals surface area contributed by atoms with E-state index in [1.807, 2.05) is 29.9 Å². The molecule has 0 spiro atoms. The van der Waals surface area contributed by atoms with Gasteiger partial charge in [-0.25, -0.2) is 0 Å². The van der Waals surface area contributed by atoms with Crippen LogP contribution in [0, 0.1) is 0 Å². The highest BCUT2D eigenvalue weighted by molar-refractivity contribution is 7.00. The van der Waals surface area contributed by atoms with Gasteiger partial charge in [-0.2, -0.15) is 8.75 Å². The second-order valence-corrected chi connectivity index (χ2v) is 5.60. The van der Waals surface area contributed by atoms with Gasteiger partial charge in [0.05, 0.1) is 17.8 Å². The molecule has 0 saturated heterocycles. The van der Waals surface area contributed by atoms with Gasteiger partial charge in [-0.05, 0) is 36.8 Å². The lowest BCUT2D eigenvalue weighted by Crippen LogP contribution is -2.25. The fourth-order valence-electron chi connectivity index (χ4n) is 2.32. The first-order chi connectivity index (χ1) is 10.6. The first kappa shape index (κ1) is 14.7. The Morgan fingerprint density at radius 3 is 2.95 bits per heavy atom. The molecule has 7 heteroatoms. The van der Waals surface area contributed by atoms with E-state index in [9.17, 15) is 9.90 Å². The summed E-state index contributed by atoms with van der Waals surface area (Å²) in [5.74, 6) is -0.172. The summed E-state index contributed by atoms with van der Waals surface area (Å²) in [4.78, 5) is 12.1. The van der Waals surface area contributed by atoms with E-state index < -0.39 is 6.10 Å². The average molecular weight is 316 g/mol. The van der Waals surface area contributed by atoms with E-state index in [4.69, 9.17) is 0 Å². The topological polar surface area (TPSA) is 80.0 Å².